The Morgan fingerprint density at radius 2 is 2.00 bits per heavy atom. The summed E-state index contributed by atoms with van der Waals surface area (Å²) in [5.74, 6) is 0. The van der Waals surface area contributed by atoms with E-state index in [4.69, 9.17) is 0 Å². The maximum atomic E-state index is 4.28. The van der Waals surface area contributed by atoms with Crippen LogP contribution in [0.15, 0.2) is 36.5 Å². The SMILES string of the molecule is Cc1ccc(-c2cc[c]cn2)c(C)c1. The summed E-state index contributed by atoms with van der Waals surface area (Å²) in [6.45, 7) is 4.21. The van der Waals surface area contributed by atoms with Crippen LogP contribution in [-0.2, 0) is 0 Å². The molecule has 0 spiro atoms. The highest BCUT2D eigenvalue weighted by Crippen LogP contribution is 2.21. The molecule has 0 bridgehead atoms. The van der Waals surface area contributed by atoms with Crippen LogP contribution in [0.1, 0.15) is 11.1 Å². The second-order valence-corrected chi connectivity index (χ2v) is 3.46. The van der Waals surface area contributed by atoms with Gasteiger partial charge in [0.15, 0.2) is 0 Å². The minimum atomic E-state index is 1.02. The lowest BCUT2D eigenvalue weighted by atomic mass is 10.0. The topological polar surface area (TPSA) is 12.9 Å². The van der Waals surface area contributed by atoms with Gasteiger partial charge in [0.25, 0.3) is 0 Å². The van der Waals surface area contributed by atoms with Gasteiger partial charge in [0.1, 0.15) is 0 Å². The number of hydrogen-bond donors (Lipinski definition) is 0. The molecule has 1 aromatic carbocycles. The fourth-order valence-corrected chi connectivity index (χ4v) is 1.58. The molecule has 1 radical (unpaired) electrons. The van der Waals surface area contributed by atoms with Crippen molar-refractivity contribution in [3.63, 3.8) is 0 Å². The second kappa shape index (κ2) is 3.62. The number of nitrogens with zero attached hydrogens (tertiary/aromatic N) is 1. The zero-order valence-electron chi connectivity index (χ0n) is 8.41. The quantitative estimate of drug-likeness (QED) is 0.660. The molecule has 2 rings (SSSR count). The van der Waals surface area contributed by atoms with E-state index in [2.05, 4.69) is 43.1 Å². The third-order valence-electron chi connectivity index (χ3n) is 2.27. The molecule has 0 N–H and O–H groups in total. The minimum Gasteiger partial charge on any atom is -0.256 e. The van der Waals surface area contributed by atoms with Crippen LogP contribution in [0.25, 0.3) is 11.3 Å². The molecule has 0 fully saturated rings. The molecule has 0 aliphatic rings. The van der Waals surface area contributed by atoms with Gasteiger partial charge in [0.2, 0.25) is 0 Å². The molecule has 0 amide bonds. The van der Waals surface area contributed by atoms with Gasteiger partial charge in [-0.05, 0) is 25.5 Å². The molecule has 0 atom stereocenters. The lowest BCUT2D eigenvalue weighted by Gasteiger charge is -2.05. The first-order valence-electron chi connectivity index (χ1n) is 4.67. The van der Waals surface area contributed by atoms with E-state index >= 15 is 0 Å². The number of aryl methyl sites for hydroxylation is 2. The smallest absolute Gasteiger partial charge is 0.0705 e. The van der Waals surface area contributed by atoms with E-state index in [9.17, 15) is 0 Å². The predicted molar refractivity (Wildman–Crippen MR) is 58.0 cm³/mol. The predicted octanol–water partition coefficient (Wildman–Crippen LogP) is 3.17. The Kier molecular flexibility index (Phi) is 2.32. The van der Waals surface area contributed by atoms with Crippen molar-refractivity contribution in [2.45, 2.75) is 13.8 Å². The van der Waals surface area contributed by atoms with Gasteiger partial charge < -0.3 is 0 Å². The lowest BCUT2D eigenvalue weighted by molar-refractivity contribution is 1.29. The van der Waals surface area contributed by atoms with E-state index in [-0.39, 0.29) is 0 Å². The first kappa shape index (κ1) is 8.95. The van der Waals surface area contributed by atoms with E-state index in [1.165, 1.54) is 16.7 Å². The van der Waals surface area contributed by atoms with Crippen molar-refractivity contribution in [2.24, 2.45) is 0 Å². The highest BCUT2D eigenvalue weighted by molar-refractivity contribution is 5.63. The van der Waals surface area contributed by atoms with E-state index in [1.807, 2.05) is 12.1 Å². The molecule has 14 heavy (non-hydrogen) atoms. The van der Waals surface area contributed by atoms with Crippen LogP contribution in [-0.4, -0.2) is 4.98 Å². The molecule has 0 aliphatic carbocycles. The molecule has 1 nitrogen and oxygen atoms in total. The molecule has 2 aromatic rings. The first-order chi connectivity index (χ1) is 6.77. The standard InChI is InChI=1S/C13H12N/c1-10-6-7-12(11(2)9-10)13-5-3-4-8-14-13/h3,5-9H,1-2H3. The normalized spacial score (nSPS) is 10.1. The van der Waals surface area contributed by atoms with Crippen molar-refractivity contribution < 1.29 is 0 Å². The van der Waals surface area contributed by atoms with E-state index in [0.29, 0.717) is 0 Å². The Morgan fingerprint density at radius 3 is 2.64 bits per heavy atom. The number of pyridine rings is 1. The van der Waals surface area contributed by atoms with Crippen LogP contribution in [0.3, 0.4) is 0 Å². The lowest BCUT2D eigenvalue weighted by Crippen LogP contribution is -1.86. The maximum absolute atomic E-state index is 4.28. The van der Waals surface area contributed by atoms with Gasteiger partial charge in [-0.1, -0.05) is 29.8 Å². The molecular weight excluding hydrogens is 170 g/mol. The van der Waals surface area contributed by atoms with Crippen molar-refractivity contribution in [3.05, 3.63) is 53.7 Å². The van der Waals surface area contributed by atoms with Gasteiger partial charge >= 0.3 is 0 Å². The minimum absolute atomic E-state index is 1.02. The van der Waals surface area contributed by atoms with Gasteiger partial charge in [0.05, 0.1) is 5.69 Å². The summed E-state index contributed by atoms with van der Waals surface area (Å²) >= 11 is 0. The summed E-state index contributed by atoms with van der Waals surface area (Å²) in [6.07, 6.45) is 1.70. The maximum Gasteiger partial charge on any atom is 0.0705 e. The molecule has 1 aromatic heterocycles. The Bertz CT molecular complexity index is 432. The van der Waals surface area contributed by atoms with Crippen LogP contribution >= 0.6 is 0 Å². The fourth-order valence-electron chi connectivity index (χ4n) is 1.58. The van der Waals surface area contributed by atoms with E-state index < -0.39 is 0 Å². The molecule has 69 valence electrons. The molecule has 0 saturated heterocycles. The summed E-state index contributed by atoms with van der Waals surface area (Å²) in [6, 6.07) is 13.2. The van der Waals surface area contributed by atoms with Crippen molar-refractivity contribution in [2.75, 3.05) is 0 Å². The Hall–Kier alpha value is -1.63. The molecule has 1 heteroatoms. The van der Waals surface area contributed by atoms with Crippen LogP contribution < -0.4 is 0 Å². The third-order valence-corrected chi connectivity index (χ3v) is 2.27. The first-order valence-corrected chi connectivity index (χ1v) is 4.67. The number of aromatic nitrogens is 1. The van der Waals surface area contributed by atoms with Gasteiger partial charge in [-0.25, -0.2) is 0 Å². The largest absolute Gasteiger partial charge is 0.256 e. The zero-order chi connectivity index (χ0) is 9.97. The molecule has 0 aliphatic heterocycles. The van der Waals surface area contributed by atoms with Gasteiger partial charge in [-0.3, -0.25) is 4.98 Å². The second-order valence-electron chi connectivity index (χ2n) is 3.46. The average Bonchev–Trinajstić information content (AvgIpc) is 2.19. The molecule has 1 heterocycles. The van der Waals surface area contributed by atoms with Crippen molar-refractivity contribution in [1.82, 2.24) is 4.98 Å². The molecule has 0 unspecified atom stereocenters. The van der Waals surface area contributed by atoms with Crippen LogP contribution in [0.4, 0.5) is 0 Å². The summed E-state index contributed by atoms with van der Waals surface area (Å²) < 4.78 is 0. The Morgan fingerprint density at radius 1 is 1.14 bits per heavy atom. The van der Waals surface area contributed by atoms with Crippen LogP contribution in [0, 0.1) is 19.9 Å². The van der Waals surface area contributed by atoms with Crippen molar-refractivity contribution >= 4 is 0 Å². The highest BCUT2D eigenvalue weighted by atomic mass is 14.7. The van der Waals surface area contributed by atoms with Crippen molar-refractivity contribution in [1.29, 1.82) is 0 Å². The monoisotopic (exact) mass is 182 g/mol. The zero-order valence-corrected chi connectivity index (χ0v) is 8.41. The average molecular weight is 182 g/mol. The summed E-state index contributed by atoms with van der Waals surface area (Å²) in [7, 11) is 0. The Labute approximate surface area is 84.4 Å². The van der Waals surface area contributed by atoms with E-state index in [1.54, 1.807) is 6.20 Å². The van der Waals surface area contributed by atoms with Crippen LogP contribution in [0.2, 0.25) is 0 Å². The van der Waals surface area contributed by atoms with Gasteiger partial charge in [-0.2, -0.15) is 0 Å². The molecular formula is C13H12N. The number of benzene rings is 1. The summed E-state index contributed by atoms with van der Waals surface area (Å²) in [5, 5.41) is 0. The van der Waals surface area contributed by atoms with Gasteiger partial charge in [0, 0.05) is 17.8 Å². The summed E-state index contributed by atoms with van der Waals surface area (Å²) in [5.41, 5.74) is 4.77. The highest BCUT2D eigenvalue weighted by Gasteiger charge is 2.01. The van der Waals surface area contributed by atoms with Gasteiger partial charge in [-0.15, -0.1) is 0 Å². The number of rotatable bonds is 1. The number of hydrogen-bond acceptors (Lipinski definition) is 1. The van der Waals surface area contributed by atoms with Crippen LogP contribution in [0.5, 0.6) is 0 Å². The Balaban J connectivity index is 2.53. The van der Waals surface area contributed by atoms with Crippen molar-refractivity contribution in [3.8, 4) is 11.3 Å². The summed E-state index contributed by atoms with van der Waals surface area (Å²) in [4.78, 5) is 4.28. The molecule has 0 saturated carbocycles. The third kappa shape index (κ3) is 1.67. The fraction of sp³-hybridized carbons (Fsp3) is 0.154. The van der Waals surface area contributed by atoms with E-state index in [0.717, 1.165) is 5.69 Å².